The Morgan fingerprint density at radius 3 is 2.36 bits per heavy atom. The fourth-order valence-electron chi connectivity index (χ4n) is 2.87. The molecule has 1 aliphatic heterocycles. The average Bonchev–Trinajstić information content (AvgIpc) is 3.13. The van der Waals surface area contributed by atoms with E-state index in [0.717, 1.165) is 10.5 Å². The molecule has 8 heteroatoms. The normalized spacial score (nSPS) is 14.6. The van der Waals surface area contributed by atoms with Gasteiger partial charge in [-0.2, -0.15) is 5.10 Å². The van der Waals surface area contributed by atoms with Crippen molar-refractivity contribution in [3.8, 4) is 0 Å². The number of benzene rings is 1. The predicted octanol–water partition coefficient (Wildman–Crippen LogP) is 0.0930. The minimum Gasteiger partial charge on any atom is -0.353 e. The number of imide groups is 1. The number of hydrogen-bond donors (Lipinski definition) is 2. The zero-order valence-electron chi connectivity index (χ0n) is 14.0. The maximum absolute atomic E-state index is 12.3. The molecule has 3 amide bonds. The van der Waals surface area contributed by atoms with Crippen LogP contribution < -0.4 is 10.6 Å². The molecule has 1 aromatic heterocycles. The summed E-state index contributed by atoms with van der Waals surface area (Å²) in [6, 6.07) is 6.17. The van der Waals surface area contributed by atoms with E-state index in [9.17, 15) is 14.4 Å². The van der Waals surface area contributed by atoms with Gasteiger partial charge in [-0.05, 0) is 19.2 Å². The van der Waals surface area contributed by atoms with Gasteiger partial charge in [0, 0.05) is 31.9 Å². The third-order valence-electron chi connectivity index (χ3n) is 4.12. The number of rotatable bonds is 6. The van der Waals surface area contributed by atoms with Crippen LogP contribution in [0.5, 0.6) is 0 Å². The zero-order valence-corrected chi connectivity index (χ0v) is 14.0. The highest BCUT2D eigenvalue weighted by Gasteiger charge is 2.34. The van der Waals surface area contributed by atoms with Gasteiger partial charge in [0.1, 0.15) is 6.04 Å². The summed E-state index contributed by atoms with van der Waals surface area (Å²) in [6.07, 6.45) is 3.37. The number of carbonyl (C=O) groups excluding carboxylic acids is 3. The number of carbonyl (C=O) groups is 3. The quantitative estimate of drug-likeness (QED) is 0.726. The lowest BCUT2D eigenvalue weighted by Gasteiger charge is -2.17. The van der Waals surface area contributed by atoms with Crippen LogP contribution >= 0.6 is 0 Å². The van der Waals surface area contributed by atoms with Gasteiger partial charge in [0.15, 0.2) is 0 Å². The third-order valence-corrected chi connectivity index (χ3v) is 4.12. The van der Waals surface area contributed by atoms with Crippen LogP contribution in [0.3, 0.4) is 0 Å². The lowest BCUT2D eigenvalue weighted by Crippen LogP contribution is -2.41. The Morgan fingerprint density at radius 2 is 1.84 bits per heavy atom. The van der Waals surface area contributed by atoms with Crippen LogP contribution in [-0.2, 0) is 11.8 Å². The molecule has 1 aromatic carbocycles. The molecule has 1 unspecified atom stereocenters. The first-order chi connectivity index (χ1) is 12.0. The van der Waals surface area contributed by atoms with Gasteiger partial charge in [0.2, 0.25) is 5.91 Å². The summed E-state index contributed by atoms with van der Waals surface area (Å²) in [4.78, 5) is 38.0. The first kappa shape index (κ1) is 16.8. The molecule has 2 N–H and O–H groups in total. The molecule has 2 heterocycles. The van der Waals surface area contributed by atoms with Crippen LogP contribution in [0.25, 0.3) is 0 Å². The molecule has 8 nitrogen and oxygen atoms in total. The van der Waals surface area contributed by atoms with Crippen LogP contribution in [0, 0.1) is 0 Å². The van der Waals surface area contributed by atoms with Crippen molar-refractivity contribution in [3.63, 3.8) is 0 Å². The van der Waals surface area contributed by atoms with Crippen LogP contribution in [-0.4, -0.2) is 52.5 Å². The molecule has 2 aromatic rings. The van der Waals surface area contributed by atoms with Crippen molar-refractivity contribution in [1.82, 2.24) is 25.3 Å². The number of nitrogens with one attached hydrogen (secondary N) is 2. The highest BCUT2D eigenvalue weighted by atomic mass is 16.2. The molecule has 0 saturated carbocycles. The molecule has 1 aliphatic rings. The molecule has 0 bridgehead atoms. The van der Waals surface area contributed by atoms with Crippen LogP contribution in [0.1, 0.15) is 32.3 Å². The SMILES string of the molecule is CNC(C(=O)NCCN1C(=O)c2ccccc2C1=O)c1cnn(C)c1. The van der Waals surface area contributed by atoms with Gasteiger partial charge >= 0.3 is 0 Å². The monoisotopic (exact) mass is 341 g/mol. The zero-order chi connectivity index (χ0) is 18.0. The van der Waals surface area contributed by atoms with Crippen LogP contribution in [0.2, 0.25) is 0 Å². The highest BCUT2D eigenvalue weighted by molar-refractivity contribution is 6.21. The van der Waals surface area contributed by atoms with E-state index in [1.165, 1.54) is 0 Å². The van der Waals surface area contributed by atoms with Gasteiger partial charge in [0.05, 0.1) is 17.3 Å². The fraction of sp³-hybridized carbons (Fsp3) is 0.294. The molecular weight excluding hydrogens is 322 g/mol. The molecule has 0 spiro atoms. The van der Waals surface area contributed by atoms with Crippen LogP contribution in [0.4, 0.5) is 0 Å². The van der Waals surface area contributed by atoms with Crippen molar-refractivity contribution in [2.45, 2.75) is 6.04 Å². The Balaban J connectivity index is 1.59. The van der Waals surface area contributed by atoms with E-state index in [1.54, 1.807) is 55.4 Å². The van der Waals surface area contributed by atoms with Gasteiger partial charge < -0.3 is 10.6 Å². The molecule has 3 rings (SSSR count). The number of hydrogen-bond acceptors (Lipinski definition) is 5. The highest BCUT2D eigenvalue weighted by Crippen LogP contribution is 2.21. The van der Waals surface area contributed by atoms with Crippen molar-refractivity contribution in [1.29, 1.82) is 0 Å². The summed E-state index contributed by atoms with van der Waals surface area (Å²) in [7, 11) is 3.46. The first-order valence-corrected chi connectivity index (χ1v) is 7.91. The molecule has 0 radical (unpaired) electrons. The Kier molecular flexibility index (Phi) is 4.62. The summed E-state index contributed by atoms with van der Waals surface area (Å²) in [5.74, 6) is -0.897. The van der Waals surface area contributed by atoms with E-state index in [1.807, 2.05) is 0 Å². The van der Waals surface area contributed by atoms with E-state index in [2.05, 4.69) is 15.7 Å². The summed E-state index contributed by atoms with van der Waals surface area (Å²) in [6.45, 7) is 0.310. The summed E-state index contributed by atoms with van der Waals surface area (Å²) >= 11 is 0. The van der Waals surface area contributed by atoms with Gasteiger partial charge in [-0.3, -0.25) is 24.0 Å². The minimum atomic E-state index is -0.545. The van der Waals surface area contributed by atoms with Crippen molar-refractivity contribution in [3.05, 3.63) is 53.3 Å². The van der Waals surface area contributed by atoms with Gasteiger partial charge in [-0.15, -0.1) is 0 Å². The first-order valence-electron chi connectivity index (χ1n) is 7.91. The number of likely N-dealkylation sites (N-methyl/N-ethyl adjacent to an activating group) is 1. The van der Waals surface area contributed by atoms with E-state index in [-0.39, 0.29) is 30.8 Å². The van der Waals surface area contributed by atoms with Crippen molar-refractivity contribution in [2.75, 3.05) is 20.1 Å². The minimum absolute atomic E-state index is 0.127. The molecule has 130 valence electrons. The second kappa shape index (κ2) is 6.86. The Bertz CT molecular complexity index is 794. The molecule has 0 fully saturated rings. The largest absolute Gasteiger partial charge is 0.353 e. The van der Waals surface area contributed by atoms with Gasteiger partial charge in [0.25, 0.3) is 11.8 Å². The molecule has 25 heavy (non-hydrogen) atoms. The molecule has 0 saturated heterocycles. The number of aryl methyl sites for hydroxylation is 1. The Hall–Kier alpha value is -3.00. The average molecular weight is 341 g/mol. The van der Waals surface area contributed by atoms with E-state index < -0.39 is 6.04 Å². The van der Waals surface area contributed by atoms with E-state index >= 15 is 0 Å². The smallest absolute Gasteiger partial charge is 0.261 e. The van der Waals surface area contributed by atoms with Gasteiger partial charge in [-0.1, -0.05) is 12.1 Å². The molecular formula is C17H19N5O3. The lowest BCUT2D eigenvalue weighted by molar-refractivity contribution is -0.123. The van der Waals surface area contributed by atoms with Crippen molar-refractivity contribution >= 4 is 17.7 Å². The molecule has 0 aliphatic carbocycles. The third kappa shape index (κ3) is 3.16. The second-order valence-corrected chi connectivity index (χ2v) is 5.77. The standard InChI is InChI=1S/C17H19N5O3/c1-18-14(11-9-20-21(2)10-11)15(23)19-7-8-22-16(24)12-5-3-4-6-13(12)17(22)25/h3-6,9-10,14,18H,7-8H2,1-2H3,(H,19,23). The predicted molar refractivity (Wildman–Crippen MR) is 89.8 cm³/mol. The Labute approximate surface area is 144 Å². The summed E-state index contributed by atoms with van der Waals surface area (Å²) < 4.78 is 1.62. The van der Waals surface area contributed by atoms with Crippen LogP contribution in [0.15, 0.2) is 36.7 Å². The van der Waals surface area contributed by atoms with Gasteiger partial charge in [-0.25, -0.2) is 0 Å². The van der Waals surface area contributed by atoms with Crippen molar-refractivity contribution < 1.29 is 14.4 Å². The fourth-order valence-corrected chi connectivity index (χ4v) is 2.87. The summed E-state index contributed by atoms with van der Waals surface area (Å²) in [5, 5.41) is 9.73. The second-order valence-electron chi connectivity index (χ2n) is 5.77. The maximum atomic E-state index is 12.3. The number of aromatic nitrogens is 2. The topological polar surface area (TPSA) is 96.3 Å². The van der Waals surface area contributed by atoms with Crippen molar-refractivity contribution in [2.24, 2.45) is 7.05 Å². The van der Waals surface area contributed by atoms with E-state index in [0.29, 0.717) is 11.1 Å². The lowest BCUT2D eigenvalue weighted by atomic mass is 10.1. The number of nitrogens with zero attached hydrogens (tertiary/aromatic N) is 3. The number of fused-ring (bicyclic) bond motifs is 1. The van der Waals surface area contributed by atoms with E-state index in [4.69, 9.17) is 0 Å². The maximum Gasteiger partial charge on any atom is 0.261 e. The Morgan fingerprint density at radius 1 is 1.20 bits per heavy atom. The number of amides is 3. The summed E-state index contributed by atoms with van der Waals surface area (Å²) in [5.41, 5.74) is 1.55. The molecule has 1 atom stereocenters.